The van der Waals surface area contributed by atoms with E-state index in [2.05, 4.69) is 4.98 Å². The molecule has 4 N–H and O–H groups in total. The van der Waals surface area contributed by atoms with E-state index in [9.17, 15) is 4.79 Å². The first-order valence-corrected chi connectivity index (χ1v) is 7.06. The Labute approximate surface area is 124 Å². The van der Waals surface area contributed by atoms with Crippen molar-refractivity contribution in [2.24, 2.45) is 11.5 Å². The number of unbranched alkanes of at least 4 members (excludes halogenated alkanes) is 1. The molecule has 0 aliphatic rings. The Morgan fingerprint density at radius 1 is 1.29 bits per heavy atom. The lowest BCUT2D eigenvalue weighted by molar-refractivity contribution is -0.122. The molecule has 0 saturated heterocycles. The van der Waals surface area contributed by atoms with E-state index in [0.29, 0.717) is 13.0 Å². The largest absolute Gasteiger partial charge is 0.493 e. The standard InChI is InChI=1S/C16H21N3O2/c1-16(18,15(17)20)9-2-3-11-21-14-8-4-7-13-12(14)6-5-10-19-13/h4-8,10H,2-3,9,11,18H2,1H3,(H2,17,20). The molecule has 21 heavy (non-hydrogen) atoms. The Hall–Kier alpha value is -2.14. The highest BCUT2D eigenvalue weighted by atomic mass is 16.5. The minimum Gasteiger partial charge on any atom is -0.493 e. The minimum absolute atomic E-state index is 0.469. The molecule has 0 spiro atoms. The molecule has 2 rings (SSSR count). The van der Waals surface area contributed by atoms with Gasteiger partial charge in [-0.25, -0.2) is 0 Å². The molecule has 5 nitrogen and oxygen atoms in total. The third kappa shape index (κ3) is 3.92. The number of aromatic nitrogens is 1. The maximum atomic E-state index is 11.1. The van der Waals surface area contributed by atoms with E-state index in [1.165, 1.54) is 0 Å². The fraction of sp³-hybridized carbons (Fsp3) is 0.375. The van der Waals surface area contributed by atoms with Crippen molar-refractivity contribution in [3.8, 4) is 5.75 Å². The molecule has 5 heteroatoms. The maximum absolute atomic E-state index is 11.1. The molecule has 112 valence electrons. The number of nitrogens with zero attached hydrogens (tertiary/aromatic N) is 1. The van der Waals surface area contributed by atoms with Crippen molar-refractivity contribution in [2.45, 2.75) is 31.7 Å². The maximum Gasteiger partial charge on any atom is 0.237 e. The van der Waals surface area contributed by atoms with Crippen LogP contribution >= 0.6 is 0 Å². The van der Waals surface area contributed by atoms with Gasteiger partial charge in [-0.05, 0) is 50.5 Å². The highest BCUT2D eigenvalue weighted by Gasteiger charge is 2.24. The molecule has 0 aliphatic heterocycles. The van der Waals surface area contributed by atoms with Gasteiger partial charge in [0.15, 0.2) is 0 Å². The number of fused-ring (bicyclic) bond motifs is 1. The molecule has 0 fully saturated rings. The lowest BCUT2D eigenvalue weighted by atomic mass is 9.96. The summed E-state index contributed by atoms with van der Waals surface area (Å²) in [5, 5.41) is 1.00. The van der Waals surface area contributed by atoms with E-state index in [1.54, 1.807) is 13.1 Å². The number of rotatable bonds is 7. The summed E-state index contributed by atoms with van der Waals surface area (Å²) in [6.07, 6.45) is 3.93. The molecule has 1 aromatic carbocycles. The molecular formula is C16H21N3O2. The monoisotopic (exact) mass is 287 g/mol. The number of primary amides is 1. The van der Waals surface area contributed by atoms with Crippen LogP contribution in [-0.4, -0.2) is 23.0 Å². The number of amides is 1. The van der Waals surface area contributed by atoms with Crippen LogP contribution in [0.25, 0.3) is 10.9 Å². The van der Waals surface area contributed by atoms with Crippen molar-refractivity contribution in [3.63, 3.8) is 0 Å². The summed E-state index contributed by atoms with van der Waals surface area (Å²) in [6.45, 7) is 2.23. The molecule has 0 saturated carbocycles. The van der Waals surface area contributed by atoms with Crippen LogP contribution in [0.4, 0.5) is 0 Å². The minimum atomic E-state index is -0.941. The average molecular weight is 287 g/mol. The first-order valence-electron chi connectivity index (χ1n) is 7.06. The number of hydrogen-bond acceptors (Lipinski definition) is 4. The second-order valence-electron chi connectivity index (χ2n) is 5.41. The molecule has 0 aliphatic carbocycles. The zero-order valence-corrected chi connectivity index (χ0v) is 12.2. The van der Waals surface area contributed by atoms with Gasteiger partial charge in [-0.1, -0.05) is 6.07 Å². The van der Waals surface area contributed by atoms with Crippen LogP contribution in [0.3, 0.4) is 0 Å². The first-order chi connectivity index (χ1) is 10.0. The lowest BCUT2D eigenvalue weighted by Crippen LogP contribution is -2.49. The topological polar surface area (TPSA) is 91.2 Å². The van der Waals surface area contributed by atoms with Gasteiger partial charge >= 0.3 is 0 Å². The Morgan fingerprint density at radius 2 is 2.10 bits per heavy atom. The number of nitrogens with two attached hydrogens (primary N) is 2. The van der Waals surface area contributed by atoms with Gasteiger partial charge in [0, 0.05) is 11.6 Å². The zero-order chi connectivity index (χ0) is 15.3. The highest BCUT2D eigenvalue weighted by molar-refractivity contribution is 5.84. The van der Waals surface area contributed by atoms with Crippen molar-refractivity contribution in [1.29, 1.82) is 0 Å². The van der Waals surface area contributed by atoms with E-state index in [0.717, 1.165) is 29.5 Å². The normalized spacial score (nSPS) is 13.8. The van der Waals surface area contributed by atoms with E-state index < -0.39 is 11.4 Å². The molecule has 0 radical (unpaired) electrons. The molecule has 1 atom stereocenters. The fourth-order valence-corrected chi connectivity index (χ4v) is 2.10. The van der Waals surface area contributed by atoms with Crippen LogP contribution < -0.4 is 16.2 Å². The van der Waals surface area contributed by atoms with Crippen LogP contribution in [0.5, 0.6) is 5.75 Å². The summed E-state index contributed by atoms with van der Waals surface area (Å²) in [7, 11) is 0. The van der Waals surface area contributed by atoms with Crippen molar-refractivity contribution >= 4 is 16.8 Å². The van der Waals surface area contributed by atoms with E-state index in [1.807, 2.05) is 30.3 Å². The third-order valence-corrected chi connectivity index (χ3v) is 3.52. The SMILES string of the molecule is CC(N)(CCCCOc1cccc2ncccc12)C(N)=O. The lowest BCUT2D eigenvalue weighted by Gasteiger charge is -2.20. The average Bonchev–Trinajstić information content (AvgIpc) is 2.47. The molecule has 2 aromatic rings. The summed E-state index contributed by atoms with van der Waals surface area (Å²) in [5.41, 5.74) is 11.0. The van der Waals surface area contributed by atoms with Gasteiger partial charge in [0.05, 0.1) is 17.7 Å². The molecule has 0 bridgehead atoms. The van der Waals surface area contributed by atoms with Gasteiger partial charge in [-0.3, -0.25) is 9.78 Å². The van der Waals surface area contributed by atoms with Gasteiger partial charge < -0.3 is 16.2 Å². The quantitative estimate of drug-likeness (QED) is 0.762. The number of carbonyl (C=O) groups excluding carboxylic acids is 1. The van der Waals surface area contributed by atoms with Gasteiger partial charge in [-0.2, -0.15) is 0 Å². The van der Waals surface area contributed by atoms with Crippen LogP contribution in [0, 0.1) is 0 Å². The fourth-order valence-electron chi connectivity index (χ4n) is 2.10. The van der Waals surface area contributed by atoms with E-state index in [-0.39, 0.29) is 0 Å². The van der Waals surface area contributed by atoms with Crippen molar-refractivity contribution in [3.05, 3.63) is 36.5 Å². The predicted molar refractivity (Wildman–Crippen MR) is 82.9 cm³/mol. The number of hydrogen-bond donors (Lipinski definition) is 2. The Bertz CT molecular complexity index is 620. The van der Waals surface area contributed by atoms with E-state index in [4.69, 9.17) is 16.2 Å². The Morgan fingerprint density at radius 3 is 2.86 bits per heavy atom. The number of carbonyl (C=O) groups is 1. The number of pyridine rings is 1. The van der Waals surface area contributed by atoms with Gasteiger partial charge in [0.2, 0.25) is 5.91 Å². The van der Waals surface area contributed by atoms with Crippen molar-refractivity contribution < 1.29 is 9.53 Å². The summed E-state index contributed by atoms with van der Waals surface area (Å²) >= 11 is 0. The van der Waals surface area contributed by atoms with Crippen molar-refractivity contribution in [2.75, 3.05) is 6.61 Å². The summed E-state index contributed by atoms with van der Waals surface area (Å²) < 4.78 is 5.80. The van der Waals surface area contributed by atoms with Crippen molar-refractivity contribution in [1.82, 2.24) is 4.98 Å². The van der Waals surface area contributed by atoms with Gasteiger partial charge in [0.25, 0.3) is 0 Å². The second-order valence-corrected chi connectivity index (χ2v) is 5.41. The summed E-state index contributed by atoms with van der Waals surface area (Å²) in [4.78, 5) is 15.4. The zero-order valence-electron chi connectivity index (χ0n) is 12.2. The Balaban J connectivity index is 1.85. The van der Waals surface area contributed by atoms with Gasteiger partial charge in [0.1, 0.15) is 5.75 Å². The molecule has 1 aromatic heterocycles. The smallest absolute Gasteiger partial charge is 0.237 e. The Kier molecular flexibility index (Phi) is 4.75. The van der Waals surface area contributed by atoms with Crippen LogP contribution in [0.15, 0.2) is 36.5 Å². The molecular weight excluding hydrogens is 266 g/mol. The third-order valence-electron chi connectivity index (χ3n) is 3.52. The van der Waals surface area contributed by atoms with Gasteiger partial charge in [-0.15, -0.1) is 0 Å². The van der Waals surface area contributed by atoms with Crippen LogP contribution in [0.2, 0.25) is 0 Å². The molecule has 1 heterocycles. The molecule has 1 amide bonds. The highest BCUT2D eigenvalue weighted by Crippen LogP contribution is 2.23. The summed E-state index contributed by atoms with van der Waals surface area (Å²) in [5.74, 6) is 0.356. The molecule has 1 unspecified atom stereocenters. The number of ether oxygens (including phenoxy) is 1. The van der Waals surface area contributed by atoms with Crippen LogP contribution in [-0.2, 0) is 4.79 Å². The number of benzene rings is 1. The summed E-state index contributed by atoms with van der Waals surface area (Å²) in [6, 6.07) is 9.69. The first kappa shape index (κ1) is 15.3. The predicted octanol–water partition coefficient (Wildman–Crippen LogP) is 1.99. The second kappa shape index (κ2) is 6.54. The van der Waals surface area contributed by atoms with E-state index >= 15 is 0 Å². The van der Waals surface area contributed by atoms with Crippen LogP contribution in [0.1, 0.15) is 26.2 Å².